The zero-order chi connectivity index (χ0) is 14.5. The summed E-state index contributed by atoms with van der Waals surface area (Å²) in [6, 6.07) is 1.97. The van der Waals surface area contributed by atoms with E-state index in [1.54, 1.807) is 7.11 Å². The molecule has 5 heteroatoms. The van der Waals surface area contributed by atoms with Gasteiger partial charge in [0.05, 0.1) is 6.61 Å². The van der Waals surface area contributed by atoms with Crippen LogP contribution in [0.4, 0.5) is 0 Å². The maximum atomic E-state index is 12.5. The molecule has 0 spiro atoms. The van der Waals surface area contributed by atoms with Crippen LogP contribution in [-0.4, -0.2) is 23.5 Å². The standard InChI is InChI=1S/C15H20ClNO3/c1-20-9-8-17-13-5-3-2-4-11(13)10-12(15(17)19)6-7-14(16)18/h10H,2-9H2,1H3. The van der Waals surface area contributed by atoms with Crippen molar-refractivity contribution in [3.63, 3.8) is 0 Å². The number of aryl methyl sites for hydroxylation is 2. The van der Waals surface area contributed by atoms with Crippen molar-refractivity contribution in [2.75, 3.05) is 13.7 Å². The lowest BCUT2D eigenvalue weighted by atomic mass is 9.93. The second-order valence-electron chi connectivity index (χ2n) is 5.15. The number of rotatable bonds is 6. The number of carbonyl (C=O) groups excluding carboxylic acids is 1. The third kappa shape index (κ3) is 3.49. The Kier molecular flexibility index (Phi) is 5.38. The summed E-state index contributed by atoms with van der Waals surface area (Å²) in [4.78, 5) is 23.4. The molecule has 2 rings (SSSR count). The summed E-state index contributed by atoms with van der Waals surface area (Å²) in [5.74, 6) is 0. The number of ether oxygens (including phenoxy) is 1. The maximum absolute atomic E-state index is 12.5. The van der Waals surface area contributed by atoms with Gasteiger partial charge in [-0.2, -0.15) is 0 Å². The van der Waals surface area contributed by atoms with E-state index >= 15 is 0 Å². The van der Waals surface area contributed by atoms with E-state index in [-0.39, 0.29) is 12.0 Å². The molecule has 0 radical (unpaired) electrons. The Balaban J connectivity index is 2.37. The quantitative estimate of drug-likeness (QED) is 0.755. The van der Waals surface area contributed by atoms with Crippen LogP contribution in [0.1, 0.15) is 36.1 Å². The number of fused-ring (bicyclic) bond motifs is 1. The van der Waals surface area contributed by atoms with Crippen LogP contribution < -0.4 is 5.56 Å². The number of pyridine rings is 1. The molecule has 0 fully saturated rings. The Morgan fingerprint density at radius 1 is 1.40 bits per heavy atom. The molecule has 0 N–H and O–H groups in total. The molecule has 4 nitrogen and oxygen atoms in total. The predicted molar refractivity (Wildman–Crippen MR) is 78.4 cm³/mol. The SMILES string of the molecule is COCCn1c2c(cc(CCC(=O)Cl)c1=O)CCCC2. The lowest BCUT2D eigenvalue weighted by Gasteiger charge is -2.22. The Morgan fingerprint density at radius 2 is 2.15 bits per heavy atom. The molecule has 110 valence electrons. The van der Waals surface area contributed by atoms with Crippen LogP contribution in [0.15, 0.2) is 10.9 Å². The van der Waals surface area contributed by atoms with Crippen molar-refractivity contribution >= 4 is 16.8 Å². The van der Waals surface area contributed by atoms with Gasteiger partial charge in [-0.15, -0.1) is 0 Å². The van der Waals surface area contributed by atoms with Gasteiger partial charge in [0.25, 0.3) is 5.56 Å². The Morgan fingerprint density at radius 3 is 2.85 bits per heavy atom. The van der Waals surface area contributed by atoms with Gasteiger partial charge in [0.2, 0.25) is 5.24 Å². The molecule has 1 heterocycles. The van der Waals surface area contributed by atoms with Gasteiger partial charge in [0.1, 0.15) is 0 Å². The number of aromatic nitrogens is 1. The molecule has 0 unspecified atom stereocenters. The predicted octanol–water partition coefficient (Wildman–Crippen LogP) is 2.07. The highest BCUT2D eigenvalue weighted by atomic mass is 35.5. The van der Waals surface area contributed by atoms with Crippen LogP contribution in [0.5, 0.6) is 0 Å². The number of hydrogen-bond acceptors (Lipinski definition) is 3. The number of carbonyl (C=O) groups is 1. The minimum absolute atomic E-state index is 0.000571. The smallest absolute Gasteiger partial charge is 0.254 e. The highest BCUT2D eigenvalue weighted by molar-refractivity contribution is 6.63. The number of hydrogen-bond donors (Lipinski definition) is 0. The van der Waals surface area contributed by atoms with Crippen molar-refractivity contribution in [3.8, 4) is 0 Å². The van der Waals surface area contributed by atoms with E-state index in [0.717, 1.165) is 31.4 Å². The first-order valence-corrected chi connectivity index (χ1v) is 7.43. The Bertz CT molecular complexity index is 551. The van der Waals surface area contributed by atoms with Crippen LogP contribution in [0.2, 0.25) is 0 Å². The fourth-order valence-electron chi connectivity index (χ4n) is 2.78. The van der Waals surface area contributed by atoms with Gasteiger partial charge in [-0.25, -0.2) is 0 Å². The summed E-state index contributed by atoms with van der Waals surface area (Å²) in [6.07, 6.45) is 4.86. The molecule has 0 saturated carbocycles. The molecular formula is C15H20ClNO3. The third-order valence-electron chi connectivity index (χ3n) is 3.78. The highest BCUT2D eigenvalue weighted by Crippen LogP contribution is 2.21. The van der Waals surface area contributed by atoms with Crippen molar-refractivity contribution < 1.29 is 9.53 Å². The van der Waals surface area contributed by atoms with Crippen molar-refractivity contribution in [2.45, 2.75) is 45.1 Å². The zero-order valence-corrected chi connectivity index (χ0v) is 12.5. The minimum atomic E-state index is -0.398. The molecule has 20 heavy (non-hydrogen) atoms. The first-order valence-electron chi connectivity index (χ1n) is 7.05. The van der Waals surface area contributed by atoms with Gasteiger partial charge < -0.3 is 9.30 Å². The van der Waals surface area contributed by atoms with E-state index in [1.807, 2.05) is 10.6 Å². The lowest BCUT2D eigenvalue weighted by molar-refractivity contribution is -0.111. The second kappa shape index (κ2) is 7.04. The first-order chi connectivity index (χ1) is 9.63. The van der Waals surface area contributed by atoms with E-state index in [2.05, 4.69) is 0 Å². The van der Waals surface area contributed by atoms with E-state index in [0.29, 0.717) is 25.1 Å². The highest BCUT2D eigenvalue weighted by Gasteiger charge is 2.17. The second-order valence-corrected chi connectivity index (χ2v) is 5.57. The third-order valence-corrected chi connectivity index (χ3v) is 3.97. The number of halogens is 1. The van der Waals surface area contributed by atoms with Gasteiger partial charge in [0.15, 0.2) is 0 Å². The molecule has 0 saturated heterocycles. The first kappa shape index (κ1) is 15.3. The molecule has 0 bridgehead atoms. The molecule has 0 amide bonds. The molecule has 1 aromatic heterocycles. The summed E-state index contributed by atoms with van der Waals surface area (Å²) >= 11 is 5.38. The van der Waals surface area contributed by atoms with Gasteiger partial charge in [-0.1, -0.05) is 0 Å². The maximum Gasteiger partial charge on any atom is 0.254 e. The molecular weight excluding hydrogens is 278 g/mol. The average molecular weight is 298 g/mol. The fourth-order valence-corrected chi connectivity index (χ4v) is 2.87. The van der Waals surface area contributed by atoms with Crippen molar-refractivity contribution in [3.05, 3.63) is 33.2 Å². The average Bonchev–Trinajstić information content (AvgIpc) is 2.44. The van der Waals surface area contributed by atoms with Gasteiger partial charge >= 0.3 is 0 Å². The van der Waals surface area contributed by atoms with Crippen molar-refractivity contribution in [1.29, 1.82) is 0 Å². The number of methoxy groups -OCH3 is 1. The summed E-state index contributed by atoms with van der Waals surface area (Å²) in [5.41, 5.74) is 3.07. The fraction of sp³-hybridized carbons (Fsp3) is 0.600. The Hall–Kier alpha value is -1.13. The van der Waals surface area contributed by atoms with Gasteiger partial charge in [0, 0.05) is 31.3 Å². The van der Waals surface area contributed by atoms with E-state index < -0.39 is 5.24 Å². The van der Waals surface area contributed by atoms with Crippen LogP contribution in [0, 0.1) is 0 Å². The van der Waals surface area contributed by atoms with E-state index in [9.17, 15) is 9.59 Å². The Labute approximate surface area is 123 Å². The molecule has 0 aromatic carbocycles. The largest absolute Gasteiger partial charge is 0.383 e. The van der Waals surface area contributed by atoms with Crippen molar-refractivity contribution in [1.82, 2.24) is 4.57 Å². The topological polar surface area (TPSA) is 48.3 Å². The summed E-state index contributed by atoms with van der Waals surface area (Å²) in [6.45, 7) is 1.09. The van der Waals surface area contributed by atoms with Crippen LogP contribution in [-0.2, 0) is 35.3 Å². The zero-order valence-electron chi connectivity index (χ0n) is 11.8. The monoisotopic (exact) mass is 297 g/mol. The molecule has 0 aliphatic heterocycles. The molecule has 1 aliphatic rings. The summed E-state index contributed by atoms with van der Waals surface area (Å²) in [5, 5.41) is -0.398. The van der Waals surface area contributed by atoms with Gasteiger partial charge in [-0.05, 0) is 55.3 Å². The molecule has 1 aliphatic carbocycles. The van der Waals surface area contributed by atoms with Gasteiger partial charge in [-0.3, -0.25) is 9.59 Å². The van der Waals surface area contributed by atoms with Crippen molar-refractivity contribution in [2.24, 2.45) is 0 Å². The van der Waals surface area contributed by atoms with E-state index in [1.165, 1.54) is 5.56 Å². The van der Waals surface area contributed by atoms with Crippen LogP contribution in [0.3, 0.4) is 0 Å². The van der Waals surface area contributed by atoms with Crippen LogP contribution in [0.25, 0.3) is 0 Å². The van der Waals surface area contributed by atoms with E-state index in [4.69, 9.17) is 16.3 Å². The minimum Gasteiger partial charge on any atom is -0.383 e. The molecule has 1 aromatic rings. The molecule has 0 atom stereocenters. The van der Waals surface area contributed by atoms with Crippen LogP contribution >= 0.6 is 11.6 Å². The lowest BCUT2D eigenvalue weighted by Crippen LogP contribution is -2.31. The normalized spacial score (nSPS) is 14.1. The summed E-state index contributed by atoms with van der Waals surface area (Å²) < 4.78 is 6.92. The number of nitrogens with zero attached hydrogens (tertiary/aromatic N) is 1. The summed E-state index contributed by atoms with van der Waals surface area (Å²) in [7, 11) is 1.63.